The number of aryl methyl sites for hydroxylation is 1. The van der Waals surface area contributed by atoms with Crippen LogP contribution in [0.1, 0.15) is 0 Å². The van der Waals surface area contributed by atoms with Gasteiger partial charge in [0.2, 0.25) is 0 Å². The van der Waals surface area contributed by atoms with E-state index >= 15 is 0 Å². The van der Waals surface area contributed by atoms with Crippen molar-refractivity contribution in [1.82, 2.24) is 14.9 Å². The van der Waals surface area contributed by atoms with Crippen molar-refractivity contribution < 1.29 is 4.39 Å². The Morgan fingerprint density at radius 1 is 0.960 bits per heavy atom. The summed E-state index contributed by atoms with van der Waals surface area (Å²) in [5.41, 5.74) is 4.44. The first kappa shape index (κ1) is 15.8. The number of rotatable bonds is 3. The summed E-state index contributed by atoms with van der Waals surface area (Å²) in [6.45, 7) is 3.90. The zero-order chi connectivity index (χ0) is 17.2. The molecule has 2 aromatic heterocycles. The van der Waals surface area contributed by atoms with Gasteiger partial charge in [0, 0.05) is 62.9 Å². The number of hydrogen-bond acceptors (Lipinski definition) is 3. The SMILES string of the molecule is Cn1cc(-c2ccc(F)cc2)c(-c2ccncc2)c1N1CCNCC1. The molecule has 0 aliphatic carbocycles. The molecule has 25 heavy (non-hydrogen) atoms. The van der Waals surface area contributed by atoms with Crippen molar-refractivity contribution in [3.8, 4) is 22.3 Å². The Balaban J connectivity index is 1.90. The van der Waals surface area contributed by atoms with Crippen molar-refractivity contribution in [2.24, 2.45) is 7.05 Å². The molecule has 0 saturated carbocycles. The molecule has 0 bridgehead atoms. The minimum atomic E-state index is -0.215. The highest BCUT2D eigenvalue weighted by Crippen LogP contribution is 2.41. The molecule has 128 valence electrons. The third kappa shape index (κ3) is 3.03. The number of piperazine rings is 1. The summed E-state index contributed by atoms with van der Waals surface area (Å²) in [5.74, 6) is 0.986. The lowest BCUT2D eigenvalue weighted by Gasteiger charge is -2.31. The molecule has 0 amide bonds. The van der Waals surface area contributed by atoms with E-state index in [2.05, 4.69) is 33.0 Å². The largest absolute Gasteiger partial charge is 0.355 e. The van der Waals surface area contributed by atoms with Crippen molar-refractivity contribution >= 4 is 5.82 Å². The zero-order valence-corrected chi connectivity index (χ0v) is 14.2. The van der Waals surface area contributed by atoms with Gasteiger partial charge in [-0.1, -0.05) is 12.1 Å². The minimum Gasteiger partial charge on any atom is -0.355 e. The molecule has 1 saturated heterocycles. The summed E-state index contributed by atoms with van der Waals surface area (Å²) in [6, 6.07) is 10.8. The first-order chi connectivity index (χ1) is 12.2. The first-order valence-electron chi connectivity index (χ1n) is 8.55. The highest BCUT2D eigenvalue weighted by Gasteiger charge is 2.23. The normalized spacial score (nSPS) is 14.7. The Bertz CT molecular complexity index is 849. The van der Waals surface area contributed by atoms with Gasteiger partial charge in [0.05, 0.1) is 0 Å². The van der Waals surface area contributed by atoms with E-state index in [-0.39, 0.29) is 5.82 Å². The molecule has 1 aliphatic rings. The molecular weight excluding hydrogens is 315 g/mol. The number of benzene rings is 1. The minimum absolute atomic E-state index is 0.215. The lowest BCUT2D eigenvalue weighted by molar-refractivity contribution is 0.579. The average molecular weight is 336 g/mol. The predicted molar refractivity (Wildman–Crippen MR) is 99.1 cm³/mol. The van der Waals surface area contributed by atoms with Gasteiger partial charge in [-0.25, -0.2) is 4.39 Å². The van der Waals surface area contributed by atoms with Crippen LogP contribution in [0.25, 0.3) is 22.3 Å². The van der Waals surface area contributed by atoms with Gasteiger partial charge in [0.1, 0.15) is 11.6 Å². The Morgan fingerprint density at radius 2 is 1.64 bits per heavy atom. The number of aromatic nitrogens is 2. The third-order valence-electron chi connectivity index (χ3n) is 4.69. The Hall–Kier alpha value is -2.66. The van der Waals surface area contributed by atoms with Gasteiger partial charge in [-0.2, -0.15) is 0 Å². The molecule has 0 unspecified atom stereocenters. The van der Waals surface area contributed by atoms with E-state index in [0.29, 0.717) is 0 Å². The fourth-order valence-corrected chi connectivity index (χ4v) is 3.53. The van der Waals surface area contributed by atoms with E-state index in [1.165, 1.54) is 23.5 Å². The summed E-state index contributed by atoms with van der Waals surface area (Å²) >= 11 is 0. The van der Waals surface area contributed by atoms with Gasteiger partial charge >= 0.3 is 0 Å². The van der Waals surface area contributed by atoms with E-state index in [4.69, 9.17) is 0 Å². The molecule has 0 atom stereocenters. The monoisotopic (exact) mass is 336 g/mol. The van der Waals surface area contributed by atoms with E-state index in [0.717, 1.165) is 42.9 Å². The van der Waals surface area contributed by atoms with Crippen LogP contribution >= 0.6 is 0 Å². The van der Waals surface area contributed by atoms with E-state index in [9.17, 15) is 4.39 Å². The molecule has 0 radical (unpaired) electrons. The fraction of sp³-hybridized carbons (Fsp3) is 0.250. The lowest BCUT2D eigenvalue weighted by Crippen LogP contribution is -2.44. The van der Waals surface area contributed by atoms with Crippen molar-refractivity contribution in [3.63, 3.8) is 0 Å². The van der Waals surface area contributed by atoms with Crippen LogP contribution in [0.5, 0.6) is 0 Å². The van der Waals surface area contributed by atoms with Crippen LogP contribution in [0.2, 0.25) is 0 Å². The van der Waals surface area contributed by atoms with E-state index < -0.39 is 0 Å². The highest BCUT2D eigenvalue weighted by molar-refractivity contribution is 5.92. The number of nitrogens with zero attached hydrogens (tertiary/aromatic N) is 3. The molecule has 0 spiro atoms. The fourth-order valence-electron chi connectivity index (χ4n) is 3.53. The smallest absolute Gasteiger partial charge is 0.123 e. The average Bonchev–Trinajstić information content (AvgIpc) is 3.01. The molecule has 3 heterocycles. The maximum Gasteiger partial charge on any atom is 0.123 e. The van der Waals surface area contributed by atoms with Gasteiger partial charge in [0.25, 0.3) is 0 Å². The van der Waals surface area contributed by atoms with Crippen LogP contribution in [0.3, 0.4) is 0 Å². The number of halogens is 1. The predicted octanol–water partition coefficient (Wildman–Crippen LogP) is 3.30. The van der Waals surface area contributed by atoms with Gasteiger partial charge in [0.15, 0.2) is 0 Å². The number of hydrogen-bond donors (Lipinski definition) is 1. The number of anilines is 1. The summed E-state index contributed by atoms with van der Waals surface area (Å²) in [7, 11) is 2.08. The quantitative estimate of drug-likeness (QED) is 0.797. The third-order valence-corrected chi connectivity index (χ3v) is 4.69. The summed E-state index contributed by atoms with van der Waals surface area (Å²) in [6.07, 6.45) is 5.77. The zero-order valence-electron chi connectivity index (χ0n) is 14.2. The Labute approximate surface area is 146 Å². The summed E-state index contributed by atoms with van der Waals surface area (Å²) in [5, 5.41) is 3.41. The lowest BCUT2D eigenvalue weighted by atomic mass is 9.98. The summed E-state index contributed by atoms with van der Waals surface area (Å²) in [4.78, 5) is 6.57. The number of pyridine rings is 1. The van der Waals surface area contributed by atoms with Crippen molar-refractivity contribution in [1.29, 1.82) is 0 Å². The molecule has 3 aromatic rings. The highest BCUT2D eigenvalue weighted by atomic mass is 19.1. The molecule has 1 N–H and O–H groups in total. The second kappa shape index (κ2) is 6.69. The number of nitrogens with one attached hydrogen (secondary N) is 1. The van der Waals surface area contributed by atoms with E-state index in [1.54, 1.807) is 0 Å². The molecule has 4 rings (SSSR count). The maximum absolute atomic E-state index is 13.4. The van der Waals surface area contributed by atoms with Gasteiger partial charge in [-0.05, 0) is 35.4 Å². The van der Waals surface area contributed by atoms with Gasteiger partial charge in [-0.3, -0.25) is 4.98 Å². The first-order valence-corrected chi connectivity index (χ1v) is 8.55. The van der Waals surface area contributed by atoms with Crippen LogP contribution in [-0.4, -0.2) is 35.7 Å². The Morgan fingerprint density at radius 3 is 2.32 bits per heavy atom. The second-order valence-electron chi connectivity index (χ2n) is 6.33. The van der Waals surface area contributed by atoms with Gasteiger partial charge < -0.3 is 14.8 Å². The van der Waals surface area contributed by atoms with Crippen LogP contribution < -0.4 is 10.2 Å². The summed E-state index contributed by atoms with van der Waals surface area (Å²) < 4.78 is 15.6. The van der Waals surface area contributed by atoms with Crippen molar-refractivity contribution in [3.05, 3.63) is 60.8 Å². The maximum atomic E-state index is 13.4. The molecule has 1 fully saturated rings. The van der Waals surface area contributed by atoms with Crippen LogP contribution in [-0.2, 0) is 7.05 Å². The van der Waals surface area contributed by atoms with Crippen molar-refractivity contribution in [2.45, 2.75) is 0 Å². The van der Waals surface area contributed by atoms with E-state index in [1.807, 2.05) is 36.7 Å². The van der Waals surface area contributed by atoms with Crippen LogP contribution in [0.4, 0.5) is 10.2 Å². The van der Waals surface area contributed by atoms with Crippen molar-refractivity contribution in [2.75, 3.05) is 31.1 Å². The molecule has 1 aromatic carbocycles. The Kier molecular flexibility index (Phi) is 4.24. The van der Waals surface area contributed by atoms with Crippen LogP contribution in [0.15, 0.2) is 55.0 Å². The topological polar surface area (TPSA) is 33.1 Å². The van der Waals surface area contributed by atoms with Crippen LogP contribution in [0, 0.1) is 5.82 Å². The van der Waals surface area contributed by atoms with Gasteiger partial charge in [-0.15, -0.1) is 0 Å². The second-order valence-corrected chi connectivity index (χ2v) is 6.33. The molecule has 4 nitrogen and oxygen atoms in total. The standard InChI is InChI=1S/C20H21FN4/c1-24-14-18(15-2-4-17(21)5-3-15)19(16-6-8-22-9-7-16)20(24)25-12-10-23-11-13-25/h2-9,14,23H,10-13H2,1H3. The molecular formula is C20H21FN4. The molecule has 1 aliphatic heterocycles. The molecule has 5 heteroatoms.